The molecule has 216 valence electrons. The van der Waals surface area contributed by atoms with Gasteiger partial charge in [0, 0.05) is 30.8 Å². The SMILES string of the molecule is CO[C@H]1/C=C/C[C@H](C)[C@@H](C)S(=O)NC(=O)c2ccc3c(c2)N(Cc2ccc(Cl)cc2CCCCO3)C[C@@H]2CC[C@H]21. The topological polar surface area (TPSA) is 67.9 Å². The number of amides is 1. The van der Waals surface area contributed by atoms with Crippen LogP contribution in [0.25, 0.3) is 0 Å². The number of fused-ring (bicyclic) bond motifs is 3. The summed E-state index contributed by atoms with van der Waals surface area (Å²) in [5.74, 6) is 1.44. The Kier molecular flexibility index (Phi) is 9.54. The molecule has 1 unspecified atom stereocenters. The highest BCUT2D eigenvalue weighted by molar-refractivity contribution is 7.84. The first-order valence-electron chi connectivity index (χ1n) is 14.5. The third kappa shape index (κ3) is 6.58. The number of methoxy groups -OCH3 is 1. The van der Waals surface area contributed by atoms with E-state index < -0.39 is 11.0 Å². The smallest absolute Gasteiger partial charge is 0.263 e. The van der Waals surface area contributed by atoms with E-state index in [9.17, 15) is 9.00 Å². The number of ether oxygens (including phenoxy) is 2. The number of halogens is 1. The Balaban J connectivity index is 1.58. The Bertz CT molecular complexity index is 1270. The molecule has 3 aliphatic rings. The lowest BCUT2D eigenvalue weighted by Crippen LogP contribution is -2.43. The second-order valence-corrected chi connectivity index (χ2v) is 13.5. The predicted molar refractivity (Wildman–Crippen MR) is 162 cm³/mol. The molecule has 0 spiro atoms. The number of carbonyl (C=O) groups is 1. The Morgan fingerprint density at radius 3 is 2.73 bits per heavy atom. The number of hydrogen-bond acceptors (Lipinski definition) is 5. The molecule has 6 atom stereocenters. The van der Waals surface area contributed by atoms with Crippen molar-refractivity contribution in [3.8, 4) is 5.75 Å². The summed E-state index contributed by atoms with van der Waals surface area (Å²) >= 11 is 6.41. The quantitative estimate of drug-likeness (QED) is 0.389. The lowest BCUT2D eigenvalue weighted by Gasteiger charge is -2.43. The summed E-state index contributed by atoms with van der Waals surface area (Å²) in [6.07, 6.45) is 10.3. The van der Waals surface area contributed by atoms with E-state index in [0.29, 0.717) is 30.6 Å². The molecule has 1 fully saturated rings. The Labute approximate surface area is 246 Å². The maximum atomic E-state index is 13.3. The molecule has 0 saturated heterocycles. The van der Waals surface area contributed by atoms with Crippen molar-refractivity contribution in [2.75, 3.05) is 25.2 Å². The molecule has 2 aliphatic heterocycles. The van der Waals surface area contributed by atoms with Crippen molar-refractivity contribution in [1.82, 2.24) is 4.72 Å². The lowest BCUT2D eigenvalue weighted by atomic mass is 9.70. The summed E-state index contributed by atoms with van der Waals surface area (Å²) in [6.45, 7) is 6.12. The lowest BCUT2D eigenvalue weighted by molar-refractivity contribution is 0.0133. The van der Waals surface area contributed by atoms with Crippen LogP contribution in [0, 0.1) is 17.8 Å². The van der Waals surface area contributed by atoms with Crippen molar-refractivity contribution in [1.29, 1.82) is 0 Å². The van der Waals surface area contributed by atoms with Gasteiger partial charge in [-0.25, -0.2) is 4.21 Å². The van der Waals surface area contributed by atoms with Gasteiger partial charge in [0.05, 0.1) is 23.6 Å². The van der Waals surface area contributed by atoms with Gasteiger partial charge in [0.15, 0.2) is 0 Å². The molecule has 40 heavy (non-hydrogen) atoms. The van der Waals surface area contributed by atoms with E-state index in [1.165, 1.54) is 11.1 Å². The molecule has 2 aromatic rings. The summed E-state index contributed by atoms with van der Waals surface area (Å²) in [5, 5.41) is 0.560. The molecule has 1 N–H and O–H groups in total. The van der Waals surface area contributed by atoms with Crippen molar-refractivity contribution in [2.45, 2.75) is 70.3 Å². The number of benzene rings is 2. The number of anilines is 1. The maximum Gasteiger partial charge on any atom is 0.263 e. The fourth-order valence-corrected chi connectivity index (χ4v) is 7.28. The van der Waals surface area contributed by atoms with Gasteiger partial charge in [-0.15, -0.1) is 0 Å². The molecule has 0 radical (unpaired) electrons. The predicted octanol–water partition coefficient (Wildman–Crippen LogP) is 6.48. The van der Waals surface area contributed by atoms with E-state index >= 15 is 0 Å². The highest BCUT2D eigenvalue weighted by Crippen LogP contribution is 2.42. The molecule has 1 amide bonds. The zero-order valence-electron chi connectivity index (χ0n) is 23.7. The summed E-state index contributed by atoms with van der Waals surface area (Å²) in [7, 11) is 0.285. The second kappa shape index (κ2) is 13.1. The van der Waals surface area contributed by atoms with Crippen molar-refractivity contribution in [2.24, 2.45) is 17.8 Å². The normalized spacial score (nSPS) is 30.4. The number of allylic oxidation sites excluding steroid dienone is 1. The Hall–Kier alpha value is -2.35. The minimum Gasteiger partial charge on any atom is -0.491 e. The number of nitrogens with one attached hydrogen (secondary N) is 1. The number of nitrogens with zero attached hydrogens (tertiary/aromatic N) is 1. The van der Waals surface area contributed by atoms with E-state index in [1.54, 1.807) is 13.2 Å². The summed E-state index contributed by atoms with van der Waals surface area (Å²) in [5.41, 5.74) is 3.88. The molecule has 2 bridgehead atoms. The van der Waals surface area contributed by atoms with Crippen LogP contribution in [0.1, 0.15) is 67.4 Å². The highest BCUT2D eigenvalue weighted by atomic mass is 35.5. The zero-order chi connectivity index (χ0) is 28.2. The van der Waals surface area contributed by atoms with Crippen molar-refractivity contribution >= 4 is 34.2 Å². The minimum atomic E-state index is -1.51. The summed E-state index contributed by atoms with van der Waals surface area (Å²) < 4.78 is 28.2. The van der Waals surface area contributed by atoms with E-state index in [-0.39, 0.29) is 23.2 Å². The average Bonchev–Trinajstić information content (AvgIpc) is 2.96. The van der Waals surface area contributed by atoms with Gasteiger partial charge >= 0.3 is 0 Å². The number of hydrogen-bond donors (Lipinski definition) is 1. The van der Waals surface area contributed by atoms with Crippen LogP contribution in [-0.2, 0) is 28.7 Å². The first-order chi connectivity index (χ1) is 19.3. The van der Waals surface area contributed by atoms with Crippen LogP contribution in [0.4, 0.5) is 5.69 Å². The Morgan fingerprint density at radius 2 is 1.95 bits per heavy atom. The standard InChI is InChI=1S/C32H41ClN2O4S/c1-21-7-6-9-30(38-3)28-14-11-26(28)20-35-19-25-10-13-27(33)17-23(25)8-4-5-16-39-31-15-12-24(18-29(31)35)32(36)34-40(37)22(21)2/h6,9-10,12-13,15,17-18,21-22,26,28,30H,4-5,7-8,11,14,16,19-20H2,1-3H3,(H,34,36)/b9-6+/t21-,22+,26-,28+,30-,40?/m0/s1. The van der Waals surface area contributed by atoms with Gasteiger partial charge in [-0.2, -0.15) is 0 Å². The van der Waals surface area contributed by atoms with Gasteiger partial charge in [0.25, 0.3) is 5.91 Å². The zero-order valence-corrected chi connectivity index (χ0v) is 25.3. The van der Waals surface area contributed by atoms with Gasteiger partial charge < -0.3 is 14.4 Å². The Morgan fingerprint density at radius 1 is 1.10 bits per heavy atom. The molecule has 2 heterocycles. The fourth-order valence-electron chi connectivity index (χ4n) is 6.07. The molecular formula is C32H41ClN2O4S. The molecular weight excluding hydrogens is 544 g/mol. The molecule has 2 aromatic carbocycles. The van der Waals surface area contributed by atoms with Gasteiger partial charge in [-0.3, -0.25) is 9.52 Å². The van der Waals surface area contributed by atoms with Gasteiger partial charge in [0.2, 0.25) is 0 Å². The van der Waals surface area contributed by atoms with Crippen LogP contribution in [0.2, 0.25) is 5.02 Å². The first kappa shape index (κ1) is 29.2. The van der Waals surface area contributed by atoms with Gasteiger partial charge in [-0.05, 0) is 105 Å². The summed E-state index contributed by atoms with van der Waals surface area (Å²) in [6, 6.07) is 11.8. The van der Waals surface area contributed by atoms with E-state index in [0.717, 1.165) is 61.5 Å². The van der Waals surface area contributed by atoms with Crippen LogP contribution in [0.5, 0.6) is 5.75 Å². The minimum absolute atomic E-state index is 0.0384. The molecule has 6 nitrogen and oxygen atoms in total. The van der Waals surface area contributed by atoms with Crippen molar-refractivity contribution < 1.29 is 18.5 Å². The van der Waals surface area contributed by atoms with E-state index in [1.807, 2.05) is 25.1 Å². The van der Waals surface area contributed by atoms with Crippen LogP contribution < -0.4 is 14.4 Å². The van der Waals surface area contributed by atoms with Crippen molar-refractivity contribution in [3.63, 3.8) is 0 Å². The van der Waals surface area contributed by atoms with Crippen LogP contribution in [-0.4, -0.2) is 41.7 Å². The summed E-state index contributed by atoms with van der Waals surface area (Å²) in [4.78, 5) is 15.7. The van der Waals surface area contributed by atoms with Gasteiger partial charge in [-0.1, -0.05) is 36.7 Å². The third-order valence-electron chi connectivity index (χ3n) is 8.98. The second-order valence-electron chi connectivity index (χ2n) is 11.6. The van der Waals surface area contributed by atoms with Crippen LogP contribution in [0.15, 0.2) is 48.6 Å². The van der Waals surface area contributed by atoms with E-state index in [2.05, 4.69) is 40.8 Å². The van der Waals surface area contributed by atoms with Crippen molar-refractivity contribution in [3.05, 3.63) is 70.3 Å². The van der Waals surface area contributed by atoms with Crippen LogP contribution >= 0.6 is 11.6 Å². The molecule has 5 rings (SSSR count). The molecule has 1 aliphatic carbocycles. The first-order valence-corrected chi connectivity index (χ1v) is 16.1. The van der Waals surface area contributed by atoms with Crippen LogP contribution in [0.3, 0.4) is 0 Å². The molecule has 0 aromatic heterocycles. The third-order valence-corrected chi connectivity index (χ3v) is 10.7. The number of rotatable bonds is 1. The molecule has 1 saturated carbocycles. The average molecular weight is 585 g/mol. The highest BCUT2D eigenvalue weighted by Gasteiger charge is 2.38. The monoisotopic (exact) mass is 584 g/mol. The number of aryl methyl sites for hydroxylation is 1. The molecule has 8 heteroatoms. The largest absolute Gasteiger partial charge is 0.491 e. The maximum absolute atomic E-state index is 13.3. The fraction of sp³-hybridized carbons (Fsp3) is 0.531. The van der Waals surface area contributed by atoms with E-state index in [4.69, 9.17) is 21.1 Å². The number of carbonyl (C=O) groups excluding carboxylic acids is 1. The van der Waals surface area contributed by atoms with Gasteiger partial charge in [0.1, 0.15) is 16.7 Å².